The van der Waals surface area contributed by atoms with Gasteiger partial charge in [0.15, 0.2) is 5.82 Å². The molecule has 0 aromatic carbocycles. The fourth-order valence-corrected chi connectivity index (χ4v) is 2.52. The first kappa shape index (κ1) is 17.7. The van der Waals surface area contributed by atoms with Gasteiger partial charge >= 0.3 is 5.56 Å². The van der Waals surface area contributed by atoms with Gasteiger partial charge in [-0.05, 0) is 12.0 Å². The standard InChI is InChI=1S/C17H18FN5O3/c1-4-11-5-12-14(9(2)3)22-23(16(25)15(12)26-11)8-13(24)21-17-19-6-10(18)7-20-17/h5-7,9H,4,8H2,1-3H3,(H,19,20,21,24). The number of halogens is 1. The van der Waals surface area contributed by atoms with E-state index in [9.17, 15) is 14.0 Å². The Labute approximate surface area is 148 Å². The smallest absolute Gasteiger partial charge is 0.310 e. The number of fused-ring (bicyclic) bond motifs is 1. The molecule has 8 nitrogen and oxygen atoms in total. The molecule has 0 saturated carbocycles. The highest BCUT2D eigenvalue weighted by molar-refractivity contribution is 5.89. The van der Waals surface area contributed by atoms with Crippen LogP contribution in [0, 0.1) is 5.82 Å². The fourth-order valence-electron chi connectivity index (χ4n) is 2.52. The molecular weight excluding hydrogens is 341 g/mol. The Bertz CT molecular complexity index is 1010. The van der Waals surface area contributed by atoms with Crippen molar-refractivity contribution in [1.82, 2.24) is 19.7 Å². The molecule has 0 fully saturated rings. The molecular formula is C17H18FN5O3. The molecule has 3 aromatic heterocycles. The molecule has 0 aliphatic rings. The van der Waals surface area contributed by atoms with Gasteiger partial charge in [-0.3, -0.25) is 14.9 Å². The lowest BCUT2D eigenvalue weighted by atomic mass is 10.1. The van der Waals surface area contributed by atoms with E-state index in [-0.39, 0.29) is 24.0 Å². The highest BCUT2D eigenvalue weighted by atomic mass is 19.1. The Morgan fingerprint density at radius 2 is 2.04 bits per heavy atom. The van der Waals surface area contributed by atoms with Crippen molar-refractivity contribution in [2.24, 2.45) is 0 Å². The first-order valence-electron chi connectivity index (χ1n) is 8.19. The predicted octanol–water partition coefficient (Wildman–Crippen LogP) is 2.24. The molecule has 0 spiro atoms. The number of rotatable bonds is 5. The predicted molar refractivity (Wildman–Crippen MR) is 92.4 cm³/mol. The number of hydrogen-bond donors (Lipinski definition) is 1. The Morgan fingerprint density at radius 1 is 1.35 bits per heavy atom. The van der Waals surface area contributed by atoms with Crippen molar-refractivity contribution in [3.05, 3.63) is 46.1 Å². The van der Waals surface area contributed by atoms with E-state index in [1.54, 1.807) is 0 Å². The molecule has 1 N–H and O–H groups in total. The third kappa shape index (κ3) is 3.46. The van der Waals surface area contributed by atoms with Crippen molar-refractivity contribution in [3.8, 4) is 0 Å². The van der Waals surface area contributed by atoms with E-state index in [2.05, 4.69) is 20.4 Å². The lowest BCUT2D eigenvalue weighted by Gasteiger charge is -2.10. The lowest BCUT2D eigenvalue weighted by Crippen LogP contribution is -2.31. The van der Waals surface area contributed by atoms with E-state index in [4.69, 9.17) is 4.42 Å². The molecule has 0 aliphatic carbocycles. The average molecular weight is 359 g/mol. The summed E-state index contributed by atoms with van der Waals surface area (Å²) in [7, 11) is 0. The molecule has 9 heteroatoms. The van der Waals surface area contributed by atoms with Crippen molar-refractivity contribution < 1.29 is 13.6 Å². The summed E-state index contributed by atoms with van der Waals surface area (Å²) >= 11 is 0. The van der Waals surface area contributed by atoms with Crippen LogP contribution in [0.4, 0.5) is 10.3 Å². The zero-order chi connectivity index (χ0) is 18.8. The Hall–Kier alpha value is -3.10. The molecule has 3 rings (SSSR count). The molecule has 0 unspecified atom stereocenters. The van der Waals surface area contributed by atoms with Gasteiger partial charge in [0.05, 0.1) is 18.1 Å². The van der Waals surface area contributed by atoms with Crippen LogP contribution in [0.5, 0.6) is 0 Å². The Balaban J connectivity index is 1.94. The summed E-state index contributed by atoms with van der Waals surface area (Å²) in [5, 5.41) is 7.39. The zero-order valence-electron chi connectivity index (χ0n) is 14.6. The molecule has 3 aromatic rings. The summed E-state index contributed by atoms with van der Waals surface area (Å²) in [6.07, 6.45) is 2.52. The minimum Gasteiger partial charge on any atom is -0.455 e. The average Bonchev–Trinajstić information content (AvgIpc) is 3.04. The van der Waals surface area contributed by atoms with Crippen molar-refractivity contribution >= 4 is 22.8 Å². The van der Waals surface area contributed by atoms with E-state index < -0.39 is 17.3 Å². The first-order chi connectivity index (χ1) is 12.4. The maximum absolute atomic E-state index is 12.8. The summed E-state index contributed by atoms with van der Waals surface area (Å²) < 4.78 is 19.5. The number of furan rings is 1. The lowest BCUT2D eigenvalue weighted by molar-refractivity contribution is -0.117. The first-order valence-corrected chi connectivity index (χ1v) is 8.19. The maximum atomic E-state index is 12.8. The molecule has 3 heterocycles. The number of hydrogen-bond acceptors (Lipinski definition) is 6. The van der Waals surface area contributed by atoms with Gasteiger partial charge in [-0.15, -0.1) is 0 Å². The van der Waals surface area contributed by atoms with Crippen LogP contribution in [-0.2, 0) is 17.8 Å². The fraction of sp³-hybridized carbons (Fsp3) is 0.353. The van der Waals surface area contributed by atoms with Crippen LogP contribution in [-0.4, -0.2) is 25.7 Å². The van der Waals surface area contributed by atoms with Gasteiger partial charge in [0.1, 0.15) is 12.3 Å². The van der Waals surface area contributed by atoms with Gasteiger partial charge in [-0.25, -0.2) is 19.0 Å². The normalized spacial score (nSPS) is 11.3. The third-order valence-corrected chi connectivity index (χ3v) is 3.78. The van der Waals surface area contributed by atoms with Crippen molar-refractivity contribution in [2.45, 2.75) is 39.7 Å². The molecule has 26 heavy (non-hydrogen) atoms. The molecule has 0 aliphatic heterocycles. The van der Waals surface area contributed by atoms with Crippen LogP contribution in [0.3, 0.4) is 0 Å². The van der Waals surface area contributed by atoms with Crippen molar-refractivity contribution in [3.63, 3.8) is 0 Å². The summed E-state index contributed by atoms with van der Waals surface area (Å²) in [5.41, 5.74) is 0.375. The highest BCUT2D eigenvalue weighted by Gasteiger charge is 2.19. The van der Waals surface area contributed by atoms with Crippen molar-refractivity contribution in [1.29, 1.82) is 0 Å². The van der Waals surface area contributed by atoms with E-state index in [1.807, 2.05) is 26.8 Å². The largest absolute Gasteiger partial charge is 0.455 e. The van der Waals surface area contributed by atoms with Gasteiger partial charge in [0, 0.05) is 11.8 Å². The Morgan fingerprint density at radius 3 is 2.65 bits per heavy atom. The summed E-state index contributed by atoms with van der Waals surface area (Å²) in [4.78, 5) is 32.1. The number of carbonyl (C=O) groups is 1. The quantitative estimate of drug-likeness (QED) is 0.749. The minimum absolute atomic E-state index is 0.0372. The topological polar surface area (TPSA) is 103 Å². The number of anilines is 1. The summed E-state index contributed by atoms with van der Waals surface area (Å²) in [5.74, 6) is -0.501. The number of nitrogens with one attached hydrogen (secondary N) is 1. The van der Waals surface area contributed by atoms with Crippen LogP contribution >= 0.6 is 0 Å². The molecule has 1 amide bonds. The van der Waals surface area contributed by atoms with Crippen LogP contribution in [0.25, 0.3) is 11.0 Å². The second-order valence-electron chi connectivity index (χ2n) is 6.08. The molecule has 136 valence electrons. The second-order valence-corrected chi connectivity index (χ2v) is 6.08. The summed E-state index contributed by atoms with van der Waals surface area (Å²) in [6, 6.07) is 1.82. The van der Waals surface area contributed by atoms with E-state index >= 15 is 0 Å². The van der Waals surface area contributed by atoms with Crippen molar-refractivity contribution in [2.75, 3.05) is 5.32 Å². The van der Waals surface area contributed by atoms with Gasteiger partial charge < -0.3 is 4.42 Å². The summed E-state index contributed by atoms with van der Waals surface area (Å²) in [6.45, 7) is 5.48. The van der Waals surface area contributed by atoms with E-state index in [0.717, 1.165) is 17.1 Å². The zero-order valence-corrected chi connectivity index (χ0v) is 14.6. The highest BCUT2D eigenvalue weighted by Crippen LogP contribution is 2.24. The SMILES string of the molecule is CCc1cc2c(C(C)C)nn(CC(=O)Nc3ncc(F)cn3)c(=O)c2o1. The molecule has 0 atom stereocenters. The monoisotopic (exact) mass is 359 g/mol. The van der Waals surface area contributed by atoms with Gasteiger partial charge in [0.25, 0.3) is 0 Å². The van der Waals surface area contributed by atoms with Gasteiger partial charge in [-0.2, -0.15) is 5.10 Å². The van der Waals surface area contributed by atoms with Gasteiger partial charge in [0.2, 0.25) is 17.4 Å². The third-order valence-electron chi connectivity index (χ3n) is 3.78. The van der Waals surface area contributed by atoms with E-state index in [1.165, 1.54) is 0 Å². The Kier molecular flexibility index (Phi) is 4.79. The number of nitrogens with zero attached hydrogens (tertiary/aromatic N) is 4. The number of aromatic nitrogens is 4. The van der Waals surface area contributed by atoms with E-state index in [0.29, 0.717) is 23.3 Å². The number of amides is 1. The number of carbonyl (C=O) groups excluding carboxylic acids is 1. The minimum atomic E-state index is -0.613. The molecule has 0 saturated heterocycles. The van der Waals surface area contributed by atoms with Crippen LogP contribution in [0.1, 0.15) is 38.1 Å². The molecule has 0 bridgehead atoms. The number of aryl methyl sites for hydroxylation is 1. The maximum Gasteiger partial charge on any atom is 0.310 e. The van der Waals surface area contributed by atoms with Gasteiger partial charge in [-0.1, -0.05) is 20.8 Å². The van der Waals surface area contributed by atoms with Crippen LogP contribution in [0.2, 0.25) is 0 Å². The second kappa shape index (κ2) is 7.03. The van der Waals surface area contributed by atoms with Crippen LogP contribution < -0.4 is 10.9 Å². The van der Waals surface area contributed by atoms with Crippen LogP contribution in [0.15, 0.2) is 27.7 Å². The molecule has 0 radical (unpaired) electrons.